The molecule has 1 aliphatic carbocycles. The summed E-state index contributed by atoms with van der Waals surface area (Å²) in [4.78, 5) is 12.2. The van der Waals surface area contributed by atoms with Crippen LogP contribution in [0.1, 0.15) is 47.5 Å². The van der Waals surface area contributed by atoms with E-state index in [-0.39, 0.29) is 23.0 Å². The van der Waals surface area contributed by atoms with E-state index in [0.717, 1.165) is 12.8 Å². The predicted octanol–water partition coefficient (Wildman–Crippen LogP) is 4.23. The molecule has 3 nitrogen and oxygen atoms in total. The third-order valence-corrected chi connectivity index (χ3v) is 9.73. The van der Waals surface area contributed by atoms with Crippen molar-refractivity contribution in [2.45, 2.75) is 71.7 Å². The molecule has 0 amide bonds. The van der Waals surface area contributed by atoms with E-state index in [1.54, 1.807) is 0 Å². The molecule has 3 atom stereocenters. The molecule has 0 aliphatic heterocycles. The molecule has 118 valence electrons. The highest BCUT2D eigenvalue weighted by Crippen LogP contribution is 2.44. The van der Waals surface area contributed by atoms with Crippen LogP contribution in [0.15, 0.2) is 0 Å². The Morgan fingerprint density at radius 2 is 1.75 bits per heavy atom. The molecule has 20 heavy (non-hydrogen) atoms. The van der Waals surface area contributed by atoms with Gasteiger partial charge in [-0.15, -0.1) is 0 Å². The molecular weight excluding hydrogens is 268 g/mol. The Hall–Kier alpha value is -0.353. The van der Waals surface area contributed by atoms with Crippen LogP contribution in [0, 0.1) is 17.8 Å². The molecule has 0 spiro atoms. The van der Waals surface area contributed by atoms with Gasteiger partial charge in [-0.2, -0.15) is 0 Å². The minimum atomic E-state index is -1.84. The van der Waals surface area contributed by atoms with Crippen LogP contribution in [-0.4, -0.2) is 27.5 Å². The summed E-state index contributed by atoms with van der Waals surface area (Å²) in [5.41, 5.74) is 0. The summed E-state index contributed by atoms with van der Waals surface area (Å²) in [6.45, 7) is 15.6. The van der Waals surface area contributed by atoms with E-state index >= 15 is 0 Å². The van der Waals surface area contributed by atoms with Crippen LogP contribution >= 0.6 is 0 Å². The molecule has 0 saturated heterocycles. The minimum Gasteiger partial charge on any atom is -0.469 e. The largest absolute Gasteiger partial charge is 0.469 e. The first-order chi connectivity index (χ1) is 9.01. The van der Waals surface area contributed by atoms with Crippen LogP contribution in [-0.2, 0) is 14.0 Å². The fourth-order valence-corrected chi connectivity index (χ4v) is 4.26. The standard InChI is InChI=1S/C16H32O3Si/c1-11(2)12-9-10-13(14(12)15(17)18-6)19-20(7,8)16(3,4)5/h11-14H,9-10H2,1-8H3/t12-,13+,14-/m1/s1. The van der Waals surface area contributed by atoms with Crippen LogP contribution in [0.2, 0.25) is 18.1 Å². The summed E-state index contributed by atoms with van der Waals surface area (Å²) in [5, 5.41) is 0.170. The number of esters is 1. The summed E-state index contributed by atoms with van der Waals surface area (Å²) in [6, 6.07) is 0. The number of carbonyl (C=O) groups is 1. The van der Waals surface area contributed by atoms with E-state index in [1.807, 2.05) is 0 Å². The fourth-order valence-electron chi connectivity index (χ4n) is 2.89. The molecular formula is C16H32O3Si. The minimum absolute atomic E-state index is 0.0377. The Kier molecular flexibility index (Phi) is 5.47. The van der Waals surface area contributed by atoms with Crippen LogP contribution in [0.5, 0.6) is 0 Å². The van der Waals surface area contributed by atoms with Crippen molar-refractivity contribution in [3.63, 3.8) is 0 Å². The van der Waals surface area contributed by atoms with E-state index in [9.17, 15) is 4.79 Å². The van der Waals surface area contributed by atoms with Gasteiger partial charge in [0, 0.05) is 0 Å². The quantitative estimate of drug-likeness (QED) is 0.575. The van der Waals surface area contributed by atoms with Gasteiger partial charge in [0.25, 0.3) is 0 Å². The maximum absolute atomic E-state index is 12.2. The molecule has 1 saturated carbocycles. The third kappa shape index (κ3) is 3.64. The number of carbonyl (C=O) groups excluding carboxylic acids is 1. The number of rotatable bonds is 4. The van der Waals surface area contributed by atoms with Crippen molar-refractivity contribution < 1.29 is 14.0 Å². The zero-order chi connectivity index (χ0) is 15.7. The van der Waals surface area contributed by atoms with Gasteiger partial charge in [-0.3, -0.25) is 4.79 Å². The van der Waals surface area contributed by atoms with Gasteiger partial charge in [-0.05, 0) is 42.8 Å². The van der Waals surface area contributed by atoms with Crippen LogP contribution in [0.4, 0.5) is 0 Å². The highest BCUT2D eigenvalue weighted by molar-refractivity contribution is 6.74. The molecule has 0 heterocycles. The maximum Gasteiger partial charge on any atom is 0.311 e. The second-order valence-electron chi connectivity index (χ2n) is 7.95. The summed E-state index contributed by atoms with van der Waals surface area (Å²) in [6.07, 6.45) is 2.09. The van der Waals surface area contributed by atoms with Crippen molar-refractivity contribution in [2.24, 2.45) is 17.8 Å². The molecule has 0 radical (unpaired) electrons. The second kappa shape index (κ2) is 6.18. The molecule has 1 rings (SSSR count). The zero-order valence-electron chi connectivity index (χ0n) is 14.4. The van der Waals surface area contributed by atoms with Gasteiger partial charge in [0.15, 0.2) is 8.32 Å². The first kappa shape index (κ1) is 17.7. The van der Waals surface area contributed by atoms with E-state index in [4.69, 9.17) is 9.16 Å². The van der Waals surface area contributed by atoms with Gasteiger partial charge in [0.05, 0.1) is 19.1 Å². The monoisotopic (exact) mass is 300 g/mol. The van der Waals surface area contributed by atoms with Crippen LogP contribution in [0.3, 0.4) is 0 Å². The van der Waals surface area contributed by atoms with Gasteiger partial charge in [0.2, 0.25) is 0 Å². The first-order valence-corrected chi connectivity index (χ1v) is 10.7. The first-order valence-electron chi connectivity index (χ1n) is 7.77. The normalized spacial score (nSPS) is 27.9. The van der Waals surface area contributed by atoms with Crippen molar-refractivity contribution in [3.05, 3.63) is 0 Å². The Bertz CT molecular complexity index is 344. The fraction of sp³-hybridized carbons (Fsp3) is 0.938. The summed E-state index contributed by atoms with van der Waals surface area (Å²) < 4.78 is 11.6. The Labute approximate surface area is 125 Å². The van der Waals surface area contributed by atoms with Crippen molar-refractivity contribution in [1.29, 1.82) is 0 Å². The Morgan fingerprint density at radius 3 is 2.15 bits per heavy atom. The maximum atomic E-state index is 12.2. The molecule has 0 aromatic rings. The SMILES string of the molecule is COC(=O)[C@H]1[C@@H](O[Si](C)(C)C(C)(C)C)CC[C@@H]1C(C)C. The van der Waals surface area contributed by atoms with Crippen molar-refractivity contribution in [1.82, 2.24) is 0 Å². The lowest BCUT2D eigenvalue weighted by atomic mass is 9.85. The van der Waals surface area contributed by atoms with Gasteiger partial charge in [0.1, 0.15) is 0 Å². The highest BCUT2D eigenvalue weighted by Gasteiger charge is 2.48. The molecule has 0 N–H and O–H groups in total. The molecule has 0 aromatic heterocycles. The topological polar surface area (TPSA) is 35.5 Å². The van der Waals surface area contributed by atoms with E-state index in [1.165, 1.54) is 7.11 Å². The summed E-state index contributed by atoms with van der Waals surface area (Å²) >= 11 is 0. The average molecular weight is 301 g/mol. The Balaban J connectivity index is 2.92. The number of hydrogen-bond acceptors (Lipinski definition) is 3. The van der Waals surface area contributed by atoms with Crippen molar-refractivity contribution in [3.8, 4) is 0 Å². The molecule has 1 aliphatic rings. The molecule has 1 fully saturated rings. The van der Waals surface area contributed by atoms with Gasteiger partial charge >= 0.3 is 5.97 Å². The lowest BCUT2D eigenvalue weighted by molar-refractivity contribution is -0.150. The number of ether oxygens (including phenoxy) is 1. The lowest BCUT2D eigenvalue weighted by Gasteiger charge is -2.40. The predicted molar refractivity (Wildman–Crippen MR) is 85.1 cm³/mol. The molecule has 0 bridgehead atoms. The van der Waals surface area contributed by atoms with Gasteiger partial charge in [-0.25, -0.2) is 0 Å². The number of methoxy groups -OCH3 is 1. The van der Waals surface area contributed by atoms with Crippen molar-refractivity contribution in [2.75, 3.05) is 7.11 Å². The van der Waals surface area contributed by atoms with E-state index < -0.39 is 8.32 Å². The van der Waals surface area contributed by atoms with E-state index in [0.29, 0.717) is 11.8 Å². The highest BCUT2D eigenvalue weighted by atomic mass is 28.4. The van der Waals surface area contributed by atoms with Crippen LogP contribution < -0.4 is 0 Å². The zero-order valence-corrected chi connectivity index (χ0v) is 15.4. The van der Waals surface area contributed by atoms with Crippen molar-refractivity contribution >= 4 is 14.3 Å². The molecule has 0 unspecified atom stereocenters. The van der Waals surface area contributed by atoms with Gasteiger partial charge in [-0.1, -0.05) is 34.6 Å². The molecule has 4 heteroatoms. The van der Waals surface area contributed by atoms with E-state index in [2.05, 4.69) is 47.7 Å². The smallest absolute Gasteiger partial charge is 0.311 e. The second-order valence-corrected chi connectivity index (χ2v) is 12.7. The number of hydrogen-bond donors (Lipinski definition) is 0. The van der Waals surface area contributed by atoms with Crippen LogP contribution in [0.25, 0.3) is 0 Å². The third-order valence-electron chi connectivity index (χ3n) is 5.23. The summed E-state index contributed by atoms with van der Waals surface area (Å²) in [7, 11) is -0.355. The van der Waals surface area contributed by atoms with Gasteiger partial charge < -0.3 is 9.16 Å². The molecule has 0 aromatic carbocycles. The Morgan fingerprint density at radius 1 is 1.20 bits per heavy atom. The lowest BCUT2D eigenvalue weighted by Crippen LogP contribution is -2.46. The summed E-state index contributed by atoms with van der Waals surface area (Å²) in [5.74, 6) is 0.698. The average Bonchev–Trinajstić information content (AvgIpc) is 2.69.